The van der Waals surface area contributed by atoms with E-state index in [-0.39, 0.29) is 12.4 Å². The van der Waals surface area contributed by atoms with Crippen LogP contribution in [0.2, 0.25) is 0 Å². The highest BCUT2D eigenvalue weighted by Crippen LogP contribution is 2.14. The number of unbranched alkanes of at least 4 members (excludes halogenated alkanes) is 10. The number of rotatable bonds is 16. The van der Waals surface area contributed by atoms with E-state index < -0.39 is 0 Å². The van der Waals surface area contributed by atoms with Crippen LogP contribution >= 0.6 is 0 Å². The van der Waals surface area contributed by atoms with Crippen LogP contribution in [0.3, 0.4) is 0 Å². The second-order valence-corrected chi connectivity index (χ2v) is 9.99. The van der Waals surface area contributed by atoms with Gasteiger partial charge in [-0.1, -0.05) is 102 Å². The van der Waals surface area contributed by atoms with Crippen molar-refractivity contribution in [2.45, 2.75) is 103 Å². The Hall–Kier alpha value is -0.140. The van der Waals surface area contributed by atoms with Crippen LogP contribution in [-0.2, 0) is 23.1 Å². The van der Waals surface area contributed by atoms with Crippen LogP contribution in [0.5, 0.6) is 0 Å². The summed E-state index contributed by atoms with van der Waals surface area (Å²) in [5, 5.41) is 0. The van der Waals surface area contributed by atoms with Gasteiger partial charge in [-0.25, -0.2) is 0 Å². The molecule has 1 aromatic carbocycles. The molecule has 0 heterocycles. The summed E-state index contributed by atoms with van der Waals surface area (Å²) in [4.78, 5) is 0. The largest absolute Gasteiger partial charge is 1.00 e. The summed E-state index contributed by atoms with van der Waals surface area (Å²) in [6.45, 7) is 4.58. The van der Waals surface area contributed by atoms with E-state index in [1.807, 2.05) is 0 Å². The van der Waals surface area contributed by atoms with Crippen molar-refractivity contribution in [1.82, 2.24) is 0 Å². The molecule has 1 atom stereocenters. The first-order valence-corrected chi connectivity index (χ1v) is 12.9. The van der Waals surface area contributed by atoms with E-state index in [2.05, 4.69) is 44.4 Å². The Morgan fingerprint density at radius 2 is 1.08 bits per heavy atom. The topological polar surface area (TPSA) is 0 Å². The third kappa shape index (κ3) is 14.0. The van der Waals surface area contributed by atoms with Crippen LogP contribution < -0.4 is 12.4 Å². The Balaban J connectivity index is 0.00000625. The van der Waals surface area contributed by atoms with Gasteiger partial charge in [0.15, 0.2) is 0 Å². The van der Waals surface area contributed by atoms with Crippen molar-refractivity contribution in [2.24, 2.45) is 0 Å². The van der Waals surface area contributed by atoms with Crippen LogP contribution in [0.25, 0.3) is 0 Å². The third-order valence-corrected chi connectivity index (χ3v) is 6.91. The summed E-state index contributed by atoms with van der Waals surface area (Å²) in [7, 11) is 0.559. The zero-order valence-electron chi connectivity index (χ0n) is 17.7. The van der Waals surface area contributed by atoms with Crippen LogP contribution in [0.1, 0.15) is 102 Å². The molecular weight excluding hydrogens is 356 g/mol. The van der Waals surface area contributed by atoms with Gasteiger partial charge in [0.25, 0.3) is 0 Å². The van der Waals surface area contributed by atoms with Gasteiger partial charge in [-0.05, 0) is 35.7 Å². The Bertz CT molecular complexity index is 401. The number of hydrogen-bond donors (Lipinski definition) is 0. The molecule has 0 N–H and O–H groups in total. The van der Waals surface area contributed by atoms with Crippen molar-refractivity contribution >= 4 is 10.9 Å². The molecule has 0 nitrogen and oxygen atoms in total. The van der Waals surface area contributed by atoms with Gasteiger partial charge in [0.05, 0.1) is 6.26 Å². The molecule has 0 radical (unpaired) electrons. The van der Waals surface area contributed by atoms with Crippen LogP contribution in [-0.4, -0.2) is 12.0 Å². The standard InChI is InChI=1S/C24H43S.ClH/c1-4-6-8-9-10-11-12-13-14-15-16-23-17-19-24(20-18-23)22-25(3)21-7-5-2;/h17-20H,4-16,21-22H2,1-3H3;1H/q+1;/p-1. The molecule has 0 aliphatic rings. The number of hydrogen-bond acceptors (Lipinski definition) is 0. The monoisotopic (exact) mass is 398 g/mol. The minimum atomic E-state index is 0. The van der Waals surface area contributed by atoms with E-state index in [1.54, 1.807) is 0 Å². The summed E-state index contributed by atoms with van der Waals surface area (Å²) in [5.74, 6) is 2.68. The lowest BCUT2D eigenvalue weighted by atomic mass is 10.0. The van der Waals surface area contributed by atoms with Gasteiger partial charge >= 0.3 is 0 Å². The lowest BCUT2D eigenvalue weighted by molar-refractivity contribution is -0.00000556. The number of halogens is 1. The zero-order chi connectivity index (χ0) is 18.2. The van der Waals surface area contributed by atoms with Gasteiger partial charge in [0, 0.05) is 5.56 Å². The molecule has 26 heavy (non-hydrogen) atoms. The van der Waals surface area contributed by atoms with Crippen LogP contribution in [0.4, 0.5) is 0 Å². The molecule has 1 unspecified atom stereocenters. The number of aryl methyl sites for hydroxylation is 1. The summed E-state index contributed by atoms with van der Waals surface area (Å²) in [6, 6.07) is 9.50. The summed E-state index contributed by atoms with van der Waals surface area (Å²) >= 11 is 0. The van der Waals surface area contributed by atoms with Gasteiger partial charge in [0.2, 0.25) is 0 Å². The van der Waals surface area contributed by atoms with E-state index in [4.69, 9.17) is 0 Å². The first-order chi connectivity index (χ1) is 12.3. The van der Waals surface area contributed by atoms with Crippen molar-refractivity contribution in [3.8, 4) is 0 Å². The third-order valence-electron chi connectivity index (χ3n) is 5.10. The Labute approximate surface area is 173 Å². The smallest absolute Gasteiger partial charge is 0.132 e. The van der Waals surface area contributed by atoms with Crippen LogP contribution in [0.15, 0.2) is 24.3 Å². The fourth-order valence-electron chi connectivity index (χ4n) is 3.37. The van der Waals surface area contributed by atoms with Gasteiger partial charge in [-0.15, -0.1) is 0 Å². The summed E-state index contributed by atoms with van der Waals surface area (Å²) < 4.78 is 0. The highest BCUT2D eigenvalue weighted by atomic mass is 35.5. The molecule has 0 aliphatic heterocycles. The van der Waals surface area contributed by atoms with Crippen molar-refractivity contribution in [1.29, 1.82) is 0 Å². The molecule has 0 saturated heterocycles. The fraction of sp³-hybridized carbons (Fsp3) is 0.750. The molecule has 0 aliphatic carbocycles. The Morgan fingerprint density at radius 1 is 0.615 bits per heavy atom. The average molecular weight is 399 g/mol. The molecule has 152 valence electrons. The first kappa shape index (κ1) is 25.9. The number of benzene rings is 1. The first-order valence-electron chi connectivity index (χ1n) is 10.9. The van der Waals surface area contributed by atoms with Crippen molar-refractivity contribution in [3.63, 3.8) is 0 Å². The molecule has 1 aromatic rings. The quantitative estimate of drug-likeness (QED) is 0.279. The van der Waals surface area contributed by atoms with Crippen molar-refractivity contribution in [2.75, 3.05) is 12.0 Å². The SMILES string of the molecule is CCCCCCCCCCCCc1ccc(C[S+](C)CCCC)cc1.[Cl-]. The fourth-order valence-corrected chi connectivity index (χ4v) is 5.05. The molecule has 0 fully saturated rings. The second kappa shape index (κ2) is 18.2. The van der Waals surface area contributed by atoms with Gasteiger partial charge in [0.1, 0.15) is 11.5 Å². The van der Waals surface area contributed by atoms with Crippen LogP contribution in [0, 0.1) is 0 Å². The maximum atomic E-state index is 2.42. The predicted octanol–water partition coefficient (Wildman–Crippen LogP) is 4.70. The molecule has 0 saturated carbocycles. The molecule has 0 spiro atoms. The van der Waals surface area contributed by atoms with E-state index in [9.17, 15) is 0 Å². The van der Waals surface area contributed by atoms with E-state index in [0.29, 0.717) is 10.9 Å². The highest BCUT2D eigenvalue weighted by molar-refractivity contribution is 7.95. The van der Waals surface area contributed by atoms with E-state index >= 15 is 0 Å². The van der Waals surface area contributed by atoms with E-state index in [1.165, 1.54) is 106 Å². The maximum absolute atomic E-state index is 2.42. The molecular formula is C24H43ClS. The Kier molecular flexibility index (Phi) is 18.1. The molecule has 1 rings (SSSR count). The minimum Gasteiger partial charge on any atom is -1.00 e. The van der Waals surface area contributed by atoms with Crippen molar-refractivity contribution in [3.05, 3.63) is 35.4 Å². The molecule has 0 aromatic heterocycles. The highest BCUT2D eigenvalue weighted by Gasteiger charge is 2.10. The lowest BCUT2D eigenvalue weighted by Gasteiger charge is -2.06. The maximum Gasteiger partial charge on any atom is 0.132 e. The zero-order valence-corrected chi connectivity index (χ0v) is 19.3. The van der Waals surface area contributed by atoms with Gasteiger partial charge < -0.3 is 12.4 Å². The average Bonchev–Trinajstić information content (AvgIpc) is 2.63. The minimum absolute atomic E-state index is 0. The molecule has 0 bridgehead atoms. The lowest BCUT2D eigenvalue weighted by Crippen LogP contribution is -3.00. The summed E-state index contributed by atoms with van der Waals surface area (Å²) in [6.07, 6.45) is 20.7. The molecule has 0 amide bonds. The van der Waals surface area contributed by atoms with Gasteiger partial charge in [-0.3, -0.25) is 0 Å². The normalized spacial score (nSPS) is 12.0. The second-order valence-electron chi connectivity index (χ2n) is 7.73. The van der Waals surface area contributed by atoms with Crippen molar-refractivity contribution < 1.29 is 12.4 Å². The predicted molar refractivity (Wildman–Crippen MR) is 119 cm³/mol. The summed E-state index contributed by atoms with van der Waals surface area (Å²) in [5.41, 5.74) is 3.07. The molecule has 2 heteroatoms. The van der Waals surface area contributed by atoms with Gasteiger partial charge in [-0.2, -0.15) is 0 Å². The Morgan fingerprint density at radius 3 is 1.62 bits per heavy atom. The van der Waals surface area contributed by atoms with E-state index in [0.717, 1.165) is 0 Å².